The second-order valence-corrected chi connectivity index (χ2v) is 5.88. The third-order valence-corrected chi connectivity index (χ3v) is 4.00. The largest absolute Gasteiger partial charge is 0.387 e. The summed E-state index contributed by atoms with van der Waals surface area (Å²) in [7, 11) is 0. The molecule has 1 amide bonds. The Labute approximate surface area is 138 Å². The SMILES string of the molecule is C=C(NCCC)C(C)NC(=O)CCc1cccc2ccccc12. The second-order valence-electron chi connectivity index (χ2n) is 5.88. The van der Waals surface area contributed by atoms with Crippen molar-refractivity contribution in [2.75, 3.05) is 6.54 Å². The number of hydrogen-bond acceptors (Lipinski definition) is 2. The van der Waals surface area contributed by atoms with E-state index < -0.39 is 0 Å². The van der Waals surface area contributed by atoms with Gasteiger partial charge in [-0.2, -0.15) is 0 Å². The fourth-order valence-corrected chi connectivity index (χ4v) is 2.60. The van der Waals surface area contributed by atoms with Crippen molar-refractivity contribution in [3.8, 4) is 0 Å². The highest BCUT2D eigenvalue weighted by Crippen LogP contribution is 2.19. The topological polar surface area (TPSA) is 41.1 Å². The van der Waals surface area contributed by atoms with Crippen LogP contribution < -0.4 is 10.6 Å². The van der Waals surface area contributed by atoms with Gasteiger partial charge in [0.15, 0.2) is 0 Å². The maximum absolute atomic E-state index is 12.2. The molecule has 2 aromatic rings. The van der Waals surface area contributed by atoms with Gasteiger partial charge in [0, 0.05) is 18.7 Å². The van der Waals surface area contributed by atoms with Crippen LogP contribution in [-0.2, 0) is 11.2 Å². The molecule has 0 aliphatic carbocycles. The zero-order chi connectivity index (χ0) is 16.7. The van der Waals surface area contributed by atoms with Crippen LogP contribution in [0, 0.1) is 0 Å². The van der Waals surface area contributed by atoms with Crippen molar-refractivity contribution in [1.82, 2.24) is 10.6 Å². The van der Waals surface area contributed by atoms with E-state index >= 15 is 0 Å². The molecule has 0 fully saturated rings. The van der Waals surface area contributed by atoms with Gasteiger partial charge in [-0.25, -0.2) is 0 Å². The highest BCUT2D eigenvalue weighted by molar-refractivity contribution is 5.86. The first-order chi connectivity index (χ1) is 11.1. The van der Waals surface area contributed by atoms with E-state index in [1.54, 1.807) is 0 Å². The lowest BCUT2D eigenvalue weighted by atomic mass is 10.0. The van der Waals surface area contributed by atoms with Crippen molar-refractivity contribution in [3.05, 3.63) is 60.3 Å². The van der Waals surface area contributed by atoms with Crippen molar-refractivity contribution in [2.24, 2.45) is 0 Å². The smallest absolute Gasteiger partial charge is 0.220 e. The molecule has 0 bridgehead atoms. The van der Waals surface area contributed by atoms with E-state index in [9.17, 15) is 4.79 Å². The van der Waals surface area contributed by atoms with Crippen LogP contribution in [0.15, 0.2) is 54.7 Å². The Morgan fingerprint density at radius 2 is 1.91 bits per heavy atom. The molecule has 3 heteroatoms. The van der Waals surface area contributed by atoms with Gasteiger partial charge in [-0.05, 0) is 36.1 Å². The van der Waals surface area contributed by atoms with Crippen molar-refractivity contribution >= 4 is 16.7 Å². The molecule has 0 saturated carbocycles. The summed E-state index contributed by atoms with van der Waals surface area (Å²) in [6.45, 7) is 8.93. The molecule has 0 aliphatic rings. The van der Waals surface area contributed by atoms with E-state index in [1.807, 2.05) is 19.1 Å². The lowest BCUT2D eigenvalue weighted by Gasteiger charge is -2.18. The number of carbonyl (C=O) groups is 1. The Bertz CT molecular complexity index is 673. The molecule has 0 aromatic heterocycles. The average Bonchev–Trinajstić information content (AvgIpc) is 2.57. The van der Waals surface area contributed by atoms with Crippen LogP contribution in [-0.4, -0.2) is 18.5 Å². The van der Waals surface area contributed by atoms with Gasteiger partial charge in [0.05, 0.1) is 6.04 Å². The van der Waals surface area contributed by atoms with E-state index in [0.717, 1.165) is 25.1 Å². The minimum atomic E-state index is -0.0541. The summed E-state index contributed by atoms with van der Waals surface area (Å²) in [6, 6.07) is 14.5. The first-order valence-electron chi connectivity index (χ1n) is 8.30. The van der Waals surface area contributed by atoms with Crippen LogP contribution in [0.4, 0.5) is 0 Å². The number of nitrogens with one attached hydrogen (secondary N) is 2. The molecule has 0 heterocycles. The summed E-state index contributed by atoms with van der Waals surface area (Å²) in [5.41, 5.74) is 2.08. The summed E-state index contributed by atoms with van der Waals surface area (Å²) >= 11 is 0. The van der Waals surface area contributed by atoms with Crippen molar-refractivity contribution in [3.63, 3.8) is 0 Å². The zero-order valence-electron chi connectivity index (χ0n) is 14.1. The average molecular weight is 310 g/mol. The van der Waals surface area contributed by atoms with Gasteiger partial charge in [-0.3, -0.25) is 4.79 Å². The maximum Gasteiger partial charge on any atom is 0.220 e. The number of aryl methyl sites for hydroxylation is 1. The zero-order valence-corrected chi connectivity index (χ0v) is 14.1. The lowest BCUT2D eigenvalue weighted by molar-refractivity contribution is -0.121. The van der Waals surface area contributed by atoms with E-state index in [0.29, 0.717) is 6.42 Å². The van der Waals surface area contributed by atoms with E-state index in [1.165, 1.54) is 16.3 Å². The Hall–Kier alpha value is -2.29. The van der Waals surface area contributed by atoms with E-state index in [-0.39, 0.29) is 11.9 Å². The van der Waals surface area contributed by atoms with Gasteiger partial charge in [0.2, 0.25) is 5.91 Å². The van der Waals surface area contributed by atoms with Gasteiger partial charge in [-0.1, -0.05) is 56.0 Å². The van der Waals surface area contributed by atoms with Crippen molar-refractivity contribution < 1.29 is 4.79 Å². The predicted octanol–water partition coefficient (Wildman–Crippen LogP) is 3.79. The van der Waals surface area contributed by atoms with Crippen molar-refractivity contribution in [2.45, 2.75) is 39.2 Å². The number of rotatable bonds is 8. The first-order valence-corrected chi connectivity index (χ1v) is 8.30. The van der Waals surface area contributed by atoms with Crippen LogP contribution in [0.3, 0.4) is 0 Å². The Morgan fingerprint density at radius 3 is 2.70 bits per heavy atom. The van der Waals surface area contributed by atoms with Crippen LogP contribution >= 0.6 is 0 Å². The summed E-state index contributed by atoms with van der Waals surface area (Å²) < 4.78 is 0. The van der Waals surface area contributed by atoms with E-state index in [4.69, 9.17) is 0 Å². The Balaban J connectivity index is 1.90. The fraction of sp³-hybridized carbons (Fsp3) is 0.350. The minimum Gasteiger partial charge on any atom is -0.387 e. The van der Waals surface area contributed by atoms with Crippen LogP contribution in [0.25, 0.3) is 10.8 Å². The normalized spacial score (nSPS) is 11.9. The monoisotopic (exact) mass is 310 g/mol. The predicted molar refractivity (Wildman–Crippen MR) is 97.3 cm³/mol. The number of carbonyl (C=O) groups excluding carboxylic acids is 1. The molecule has 122 valence electrons. The first kappa shape index (κ1) is 17.1. The van der Waals surface area contributed by atoms with Crippen molar-refractivity contribution in [1.29, 1.82) is 0 Å². The molecular formula is C20H26N2O. The van der Waals surface area contributed by atoms with Crippen LogP contribution in [0.2, 0.25) is 0 Å². The Morgan fingerprint density at radius 1 is 1.17 bits per heavy atom. The van der Waals surface area contributed by atoms with Gasteiger partial charge in [-0.15, -0.1) is 0 Å². The standard InChI is InChI=1S/C20H26N2O/c1-4-14-21-15(2)16(3)22-20(23)13-12-18-10-7-9-17-8-5-6-11-19(17)18/h5-11,16,21H,2,4,12-14H2,1,3H3,(H,22,23). The number of benzene rings is 2. The molecule has 0 saturated heterocycles. The highest BCUT2D eigenvalue weighted by Gasteiger charge is 2.10. The molecular weight excluding hydrogens is 284 g/mol. The number of hydrogen-bond donors (Lipinski definition) is 2. The number of amides is 1. The third kappa shape index (κ3) is 4.85. The molecule has 2 rings (SSSR count). The Kier molecular flexibility index (Phi) is 6.21. The number of fused-ring (bicyclic) bond motifs is 1. The molecule has 2 N–H and O–H groups in total. The summed E-state index contributed by atoms with van der Waals surface area (Å²) in [5, 5.41) is 8.68. The summed E-state index contributed by atoms with van der Waals surface area (Å²) in [6.07, 6.45) is 2.27. The van der Waals surface area contributed by atoms with Gasteiger partial charge < -0.3 is 10.6 Å². The molecule has 23 heavy (non-hydrogen) atoms. The summed E-state index contributed by atoms with van der Waals surface area (Å²) in [4.78, 5) is 12.2. The molecule has 3 nitrogen and oxygen atoms in total. The third-order valence-electron chi connectivity index (χ3n) is 4.00. The lowest BCUT2D eigenvalue weighted by Crippen LogP contribution is -2.38. The molecule has 0 spiro atoms. The quantitative estimate of drug-likeness (QED) is 0.779. The molecule has 1 atom stereocenters. The molecule has 1 unspecified atom stereocenters. The minimum absolute atomic E-state index is 0.0541. The molecule has 2 aromatic carbocycles. The maximum atomic E-state index is 12.2. The van der Waals surface area contributed by atoms with Crippen LogP contribution in [0.1, 0.15) is 32.3 Å². The molecule has 0 radical (unpaired) electrons. The van der Waals surface area contributed by atoms with E-state index in [2.05, 4.69) is 54.5 Å². The van der Waals surface area contributed by atoms with Gasteiger partial charge in [0.25, 0.3) is 0 Å². The highest BCUT2D eigenvalue weighted by atomic mass is 16.1. The van der Waals surface area contributed by atoms with Gasteiger partial charge >= 0.3 is 0 Å². The summed E-state index contributed by atoms with van der Waals surface area (Å²) in [5.74, 6) is 0.0601. The van der Waals surface area contributed by atoms with Crippen LogP contribution in [0.5, 0.6) is 0 Å². The second kappa shape index (κ2) is 8.37. The fourth-order valence-electron chi connectivity index (χ4n) is 2.60. The molecule has 0 aliphatic heterocycles. The van der Waals surface area contributed by atoms with Gasteiger partial charge in [0.1, 0.15) is 0 Å².